The Balaban J connectivity index is 0. The highest BCUT2D eigenvalue weighted by Crippen LogP contribution is 1.99. The highest BCUT2D eigenvalue weighted by molar-refractivity contribution is 5.81. The number of rotatable bonds is 6. The highest BCUT2D eigenvalue weighted by Gasteiger charge is 2.17. The van der Waals surface area contributed by atoms with Crippen molar-refractivity contribution < 1.29 is 31.5 Å². The summed E-state index contributed by atoms with van der Waals surface area (Å²) >= 11 is 0. The van der Waals surface area contributed by atoms with Crippen LogP contribution in [0.1, 0.15) is 6.92 Å². The van der Waals surface area contributed by atoms with Gasteiger partial charge < -0.3 is 26.7 Å². The number of hydrogen-bond donors (Lipinski definition) is 1. The molecule has 0 spiro atoms. The van der Waals surface area contributed by atoms with Gasteiger partial charge in [-0.25, -0.2) is 4.79 Å². The van der Waals surface area contributed by atoms with Gasteiger partial charge in [-0.1, -0.05) is 6.58 Å². The molecule has 90 valence electrons. The van der Waals surface area contributed by atoms with Crippen LogP contribution in [0.15, 0.2) is 12.7 Å². The second-order valence-corrected chi connectivity index (χ2v) is 4.06. The van der Waals surface area contributed by atoms with Gasteiger partial charge in [-0.05, 0) is 6.92 Å². The van der Waals surface area contributed by atoms with Gasteiger partial charge in [0.1, 0.15) is 25.8 Å². The molecule has 1 unspecified atom stereocenters. The molecule has 0 bridgehead atoms. The number of ether oxygens (including phenoxy) is 1. The normalized spacial score (nSPS) is 12.5. The van der Waals surface area contributed by atoms with E-state index in [2.05, 4.69) is 6.58 Å². The van der Waals surface area contributed by atoms with Crippen molar-refractivity contribution in [3.05, 3.63) is 12.7 Å². The van der Waals surface area contributed by atoms with Crippen molar-refractivity contribution in [1.29, 1.82) is 0 Å². The minimum atomic E-state index is -0.401. The topological polar surface area (TPSA) is 46.5 Å². The fraction of sp³-hybridized carbons (Fsp3) is 0.700. The number of carbonyl (C=O) groups is 1. The average Bonchev–Trinajstić information content (AvgIpc) is 2.01. The van der Waals surface area contributed by atoms with E-state index in [1.54, 1.807) is 6.92 Å². The number of carbonyl (C=O) groups excluding carboxylic acids is 1. The Morgan fingerprint density at radius 1 is 1.60 bits per heavy atom. The monoisotopic (exact) mass is 237 g/mol. The minimum absolute atomic E-state index is 0. The van der Waals surface area contributed by atoms with Gasteiger partial charge in [0.05, 0.1) is 14.1 Å². The van der Waals surface area contributed by atoms with Crippen LogP contribution in [-0.2, 0) is 9.53 Å². The SMILES string of the molecule is C=CC(=O)OCC[N+](C)(C)CC(C)O.[Cl-]. The number of hydrogen-bond acceptors (Lipinski definition) is 3. The number of quaternary nitrogens is 1. The predicted octanol–water partition coefficient (Wildman–Crippen LogP) is -2.82. The van der Waals surface area contributed by atoms with Gasteiger partial charge in [0.15, 0.2) is 0 Å². The maximum Gasteiger partial charge on any atom is 0.330 e. The smallest absolute Gasteiger partial charge is 0.330 e. The van der Waals surface area contributed by atoms with Crippen molar-refractivity contribution in [3.8, 4) is 0 Å². The van der Waals surface area contributed by atoms with Crippen LogP contribution in [0.4, 0.5) is 0 Å². The number of aliphatic hydroxyl groups excluding tert-OH is 1. The van der Waals surface area contributed by atoms with Crippen molar-refractivity contribution in [1.82, 2.24) is 0 Å². The zero-order valence-electron chi connectivity index (χ0n) is 9.57. The fourth-order valence-corrected chi connectivity index (χ4v) is 1.26. The quantitative estimate of drug-likeness (QED) is 0.308. The lowest BCUT2D eigenvalue weighted by molar-refractivity contribution is -0.893. The van der Waals surface area contributed by atoms with Crippen LogP contribution in [0.3, 0.4) is 0 Å². The van der Waals surface area contributed by atoms with Crippen LogP contribution in [-0.4, -0.2) is 55.5 Å². The van der Waals surface area contributed by atoms with E-state index in [0.29, 0.717) is 24.2 Å². The Kier molecular flexibility index (Phi) is 8.62. The number of likely N-dealkylation sites (N-methyl/N-ethyl adjacent to an activating group) is 1. The van der Waals surface area contributed by atoms with E-state index < -0.39 is 5.97 Å². The Morgan fingerprint density at radius 3 is 2.53 bits per heavy atom. The van der Waals surface area contributed by atoms with Gasteiger partial charge in [-0.2, -0.15) is 0 Å². The Hall–Kier alpha value is -0.580. The molecular weight excluding hydrogens is 218 g/mol. The molecule has 0 saturated heterocycles. The van der Waals surface area contributed by atoms with Crippen LogP contribution < -0.4 is 12.4 Å². The number of aliphatic hydroxyl groups is 1. The Labute approximate surface area is 97.5 Å². The van der Waals surface area contributed by atoms with Gasteiger partial charge in [0.25, 0.3) is 0 Å². The van der Waals surface area contributed by atoms with Crippen LogP contribution in [0.2, 0.25) is 0 Å². The molecular formula is C10H20ClNO3. The first-order valence-corrected chi connectivity index (χ1v) is 4.66. The van der Waals surface area contributed by atoms with E-state index in [-0.39, 0.29) is 18.5 Å². The van der Waals surface area contributed by atoms with Gasteiger partial charge in [-0.3, -0.25) is 0 Å². The van der Waals surface area contributed by atoms with Crippen LogP contribution in [0.25, 0.3) is 0 Å². The minimum Gasteiger partial charge on any atom is -1.00 e. The second kappa shape index (κ2) is 7.68. The maximum atomic E-state index is 10.7. The number of esters is 1. The summed E-state index contributed by atoms with van der Waals surface area (Å²) in [5.74, 6) is -0.401. The molecule has 0 aliphatic heterocycles. The third-order valence-electron chi connectivity index (χ3n) is 1.87. The molecule has 0 fully saturated rings. The van der Waals surface area contributed by atoms with E-state index in [0.717, 1.165) is 6.08 Å². The van der Waals surface area contributed by atoms with Gasteiger partial charge in [0, 0.05) is 6.08 Å². The maximum absolute atomic E-state index is 10.7. The summed E-state index contributed by atoms with van der Waals surface area (Å²) < 4.78 is 5.48. The van der Waals surface area contributed by atoms with E-state index in [1.807, 2.05) is 14.1 Å². The van der Waals surface area contributed by atoms with Gasteiger partial charge >= 0.3 is 5.97 Å². The summed E-state index contributed by atoms with van der Waals surface area (Å²) in [5.41, 5.74) is 0. The summed E-state index contributed by atoms with van der Waals surface area (Å²) in [7, 11) is 3.96. The van der Waals surface area contributed by atoms with Gasteiger partial charge in [-0.15, -0.1) is 0 Å². The molecule has 0 aromatic heterocycles. The van der Waals surface area contributed by atoms with Gasteiger partial charge in [0.2, 0.25) is 0 Å². The highest BCUT2D eigenvalue weighted by atomic mass is 35.5. The zero-order chi connectivity index (χ0) is 11.2. The van der Waals surface area contributed by atoms with Crippen molar-refractivity contribution in [2.45, 2.75) is 13.0 Å². The number of nitrogens with zero attached hydrogens (tertiary/aromatic N) is 1. The lowest BCUT2D eigenvalue weighted by atomic mass is 10.3. The summed E-state index contributed by atoms with van der Waals surface area (Å²) in [6.45, 7) is 6.73. The second-order valence-electron chi connectivity index (χ2n) is 4.06. The van der Waals surface area contributed by atoms with E-state index in [9.17, 15) is 9.90 Å². The van der Waals surface area contributed by atoms with E-state index >= 15 is 0 Å². The van der Waals surface area contributed by atoms with Crippen molar-refractivity contribution in [2.75, 3.05) is 33.8 Å². The molecule has 1 atom stereocenters. The molecule has 0 radical (unpaired) electrons. The van der Waals surface area contributed by atoms with Crippen molar-refractivity contribution in [2.24, 2.45) is 0 Å². The van der Waals surface area contributed by atoms with E-state index in [4.69, 9.17) is 4.74 Å². The standard InChI is InChI=1S/C10H20NO3.ClH/c1-5-10(13)14-7-6-11(3,4)8-9(2)12;/h5,9,12H,1,6-8H2,2-4H3;1H/q+1;/p-1. The summed E-state index contributed by atoms with van der Waals surface area (Å²) in [4.78, 5) is 10.7. The van der Waals surface area contributed by atoms with Crippen LogP contribution in [0, 0.1) is 0 Å². The molecule has 0 amide bonds. The predicted molar refractivity (Wildman–Crippen MR) is 54.7 cm³/mol. The zero-order valence-corrected chi connectivity index (χ0v) is 10.3. The summed E-state index contributed by atoms with van der Waals surface area (Å²) in [5, 5.41) is 9.20. The molecule has 5 heteroatoms. The molecule has 0 aliphatic rings. The number of halogens is 1. The lowest BCUT2D eigenvalue weighted by Gasteiger charge is -2.30. The molecule has 15 heavy (non-hydrogen) atoms. The first kappa shape index (κ1) is 16.8. The largest absolute Gasteiger partial charge is 1.00 e. The van der Waals surface area contributed by atoms with E-state index in [1.165, 1.54) is 0 Å². The molecule has 0 aromatic rings. The van der Waals surface area contributed by atoms with Crippen molar-refractivity contribution in [3.63, 3.8) is 0 Å². The Bertz CT molecular complexity index is 205. The molecule has 0 saturated carbocycles. The van der Waals surface area contributed by atoms with Crippen LogP contribution in [0.5, 0.6) is 0 Å². The molecule has 1 N–H and O–H groups in total. The fourth-order valence-electron chi connectivity index (χ4n) is 1.26. The lowest BCUT2D eigenvalue weighted by Crippen LogP contribution is -3.00. The summed E-state index contributed by atoms with van der Waals surface area (Å²) in [6, 6.07) is 0. The Morgan fingerprint density at radius 2 is 2.13 bits per heavy atom. The average molecular weight is 238 g/mol. The first-order valence-electron chi connectivity index (χ1n) is 4.66. The third kappa shape index (κ3) is 9.72. The molecule has 0 aromatic carbocycles. The molecule has 0 heterocycles. The molecule has 0 rings (SSSR count). The molecule has 0 aliphatic carbocycles. The third-order valence-corrected chi connectivity index (χ3v) is 1.87. The van der Waals surface area contributed by atoms with Crippen molar-refractivity contribution >= 4 is 5.97 Å². The first-order chi connectivity index (χ1) is 6.37. The summed E-state index contributed by atoms with van der Waals surface area (Å²) in [6.07, 6.45) is 0.800. The van der Waals surface area contributed by atoms with Crippen LogP contribution >= 0.6 is 0 Å². The molecule has 4 nitrogen and oxygen atoms in total.